The van der Waals surface area contributed by atoms with Crippen LogP contribution < -0.4 is 15.0 Å². The molecular formula is C34H33F2IN6O2. The minimum absolute atomic E-state index is 0.0138. The SMILES string of the molecule is C#Cc1c(F)ccc2cc(O)cc(-c3cnc4c(N5CC6CCC(C5)N6)nc(OCC5(CN6CC[C@@H](F)C6)CC5)nc4c3I)c12. The predicted octanol–water partition coefficient (Wildman–Crippen LogP) is 5.42. The number of ether oxygens (including phenoxy) is 1. The van der Waals surface area contributed by atoms with Crippen LogP contribution in [-0.2, 0) is 0 Å². The van der Waals surface area contributed by atoms with E-state index in [0.29, 0.717) is 64.6 Å². The highest BCUT2D eigenvalue weighted by Gasteiger charge is 2.46. The van der Waals surface area contributed by atoms with Crippen LogP contribution in [0.4, 0.5) is 14.6 Å². The number of hydrogen-bond acceptors (Lipinski definition) is 8. The minimum atomic E-state index is -0.747. The number of hydrogen-bond donors (Lipinski definition) is 2. The summed E-state index contributed by atoms with van der Waals surface area (Å²) in [7, 11) is 0. The van der Waals surface area contributed by atoms with Crippen LogP contribution in [0.5, 0.6) is 11.8 Å². The summed E-state index contributed by atoms with van der Waals surface area (Å²) in [6, 6.07) is 7.17. The number of pyridine rings is 1. The van der Waals surface area contributed by atoms with Crippen molar-refractivity contribution in [3.05, 3.63) is 45.4 Å². The highest BCUT2D eigenvalue weighted by atomic mass is 127. The van der Waals surface area contributed by atoms with Crippen LogP contribution >= 0.6 is 22.6 Å². The molecule has 0 radical (unpaired) electrons. The van der Waals surface area contributed by atoms with E-state index in [1.165, 1.54) is 6.07 Å². The maximum atomic E-state index is 14.9. The van der Waals surface area contributed by atoms with Gasteiger partial charge in [-0.25, -0.2) is 13.8 Å². The molecule has 2 N–H and O–H groups in total. The van der Waals surface area contributed by atoms with Crippen molar-refractivity contribution in [3.8, 4) is 35.2 Å². The van der Waals surface area contributed by atoms with E-state index in [9.17, 15) is 13.9 Å². The van der Waals surface area contributed by atoms with Crippen LogP contribution in [0.25, 0.3) is 32.9 Å². The number of likely N-dealkylation sites (tertiary alicyclic amines) is 1. The maximum Gasteiger partial charge on any atom is 0.319 e. The highest BCUT2D eigenvalue weighted by Crippen LogP contribution is 2.47. The average Bonchev–Trinajstić information content (AvgIpc) is 3.55. The van der Waals surface area contributed by atoms with Gasteiger partial charge in [-0.05, 0) is 83.8 Å². The summed E-state index contributed by atoms with van der Waals surface area (Å²) in [5.74, 6) is 2.78. The average molecular weight is 723 g/mol. The van der Waals surface area contributed by atoms with E-state index in [4.69, 9.17) is 26.1 Å². The number of terminal acetylenes is 1. The van der Waals surface area contributed by atoms with Gasteiger partial charge in [0.1, 0.15) is 28.8 Å². The van der Waals surface area contributed by atoms with Gasteiger partial charge in [-0.1, -0.05) is 12.0 Å². The van der Waals surface area contributed by atoms with E-state index in [1.807, 2.05) is 0 Å². The standard InChI is InChI=1S/C34H33F2IN6O2/c1-2-24-27(36)6-3-19-11-23(44)12-25(28(19)24)26-13-38-31-30(29(26)37)40-33(41-32(31)43-15-21-4-5-22(16-43)39-21)45-18-34(8-9-34)17-42-10-7-20(35)14-42/h1,3,6,11-13,20-22,39,44H,4-5,7-10,14-18H2/t20-,21?,22?/m1/s1. The molecule has 4 aromatic rings. The summed E-state index contributed by atoms with van der Waals surface area (Å²) in [5, 5.41) is 15.5. The number of rotatable bonds is 7. The Morgan fingerprint density at radius 3 is 2.60 bits per heavy atom. The predicted molar refractivity (Wildman–Crippen MR) is 178 cm³/mol. The number of fused-ring (bicyclic) bond motifs is 4. The van der Waals surface area contributed by atoms with Crippen molar-refractivity contribution in [3.63, 3.8) is 0 Å². The zero-order chi connectivity index (χ0) is 30.9. The second-order valence-electron chi connectivity index (χ2n) is 13.1. The van der Waals surface area contributed by atoms with Crippen molar-refractivity contribution in [2.75, 3.05) is 44.2 Å². The lowest BCUT2D eigenvalue weighted by Crippen LogP contribution is -2.51. The third-order valence-electron chi connectivity index (χ3n) is 9.85. The largest absolute Gasteiger partial charge is 0.508 e. The van der Waals surface area contributed by atoms with Gasteiger partial charge >= 0.3 is 6.01 Å². The zero-order valence-corrected chi connectivity index (χ0v) is 26.9. The summed E-state index contributed by atoms with van der Waals surface area (Å²) >= 11 is 2.25. The first-order valence-electron chi connectivity index (χ1n) is 15.6. The van der Waals surface area contributed by atoms with Crippen LogP contribution in [0.3, 0.4) is 0 Å². The number of piperazine rings is 1. The second kappa shape index (κ2) is 11.2. The van der Waals surface area contributed by atoms with Crippen LogP contribution in [0.2, 0.25) is 0 Å². The number of phenols is 1. The summed E-state index contributed by atoms with van der Waals surface area (Å²) < 4.78 is 35.9. The molecule has 8 rings (SSSR count). The van der Waals surface area contributed by atoms with Crippen molar-refractivity contribution in [1.29, 1.82) is 0 Å². The molecule has 232 valence electrons. The molecule has 11 heteroatoms. The van der Waals surface area contributed by atoms with E-state index < -0.39 is 12.0 Å². The lowest BCUT2D eigenvalue weighted by Gasteiger charge is -2.34. The van der Waals surface area contributed by atoms with E-state index >= 15 is 0 Å². The van der Waals surface area contributed by atoms with Crippen molar-refractivity contribution >= 4 is 50.2 Å². The van der Waals surface area contributed by atoms with Gasteiger partial charge < -0.3 is 20.1 Å². The molecule has 0 amide bonds. The summed E-state index contributed by atoms with van der Waals surface area (Å²) in [4.78, 5) is 19.3. The molecule has 45 heavy (non-hydrogen) atoms. The van der Waals surface area contributed by atoms with Gasteiger partial charge in [0.2, 0.25) is 0 Å². The third-order valence-corrected chi connectivity index (χ3v) is 10.9. The molecule has 4 aliphatic rings. The van der Waals surface area contributed by atoms with E-state index in [2.05, 4.69) is 43.6 Å². The number of aromatic nitrogens is 3. The Morgan fingerprint density at radius 1 is 1.09 bits per heavy atom. The minimum Gasteiger partial charge on any atom is -0.508 e. The Bertz CT molecular complexity index is 1870. The molecule has 4 fully saturated rings. The van der Waals surface area contributed by atoms with E-state index in [-0.39, 0.29) is 22.7 Å². The molecule has 3 saturated heterocycles. The van der Waals surface area contributed by atoms with Gasteiger partial charge in [0, 0.05) is 67.4 Å². The summed E-state index contributed by atoms with van der Waals surface area (Å²) in [5.41, 5.74) is 2.66. The quantitative estimate of drug-likeness (QED) is 0.194. The van der Waals surface area contributed by atoms with Crippen LogP contribution in [-0.4, -0.2) is 82.5 Å². The van der Waals surface area contributed by atoms with Crippen LogP contribution in [0.1, 0.15) is 37.7 Å². The first-order chi connectivity index (χ1) is 21.8. The highest BCUT2D eigenvalue weighted by molar-refractivity contribution is 14.1. The number of halogens is 3. The number of alkyl halides is 1. The molecule has 8 nitrogen and oxygen atoms in total. The summed E-state index contributed by atoms with van der Waals surface area (Å²) in [6.45, 7) is 4.18. The van der Waals surface area contributed by atoms with E-state index in [1.54, 1.807) is 24.4 Å². The van der Waals surface area contributed by atoms with Gasteiger partial charge in [0.25, 0.3) is 0 Å². The van der Waals surface area contributed by atoms with Crippen LogP contribution in [0.15, 0.2) is 30.5 Å². The number of phenolic OH excluding ortho intramolecular Hbond substituents is 1. The molecule has 0 spiro atoms. The Labute approximate surface area is 273 Å². The molecule has 3 atom stereocenters. The normalized spacial score (nSPS) is 24.0. The molecule has 5 heterocycles. The second-order valence-corrected chi connectivity index (χ2v) is 14.2. The molecule has 2 unspecified atom stereocenters. The Kier molecular flexibility index (Phi) is 7.22. The molecular weight excluding hydrogens is 689 g/mol. The number of nitrogens with zero attached hydrogens (tertiary/aromatic N) is 5. The van der Waals surface area contributed by atoms with E-state index in [0.717, 1.165) is 61.3 Å². The van der Waals surface area contributed by atoms with Crippen molar-refractivity contribution in [2.24, 2.45) is 5.41 Å². The van der Waals surface area contributed by atoms with Gasteiger partial charge in [-0.3, -0.25) is 4.90 Å². The fourth-order valence-corrected chi connectivity index (χ4v) is 8.18. The molecule has 2 aromatic carbocycles. The van der Waals surface area contributed by atoms with Crippen LogP contribution in [0, 0.1) is 27.1 Å². The van der Waals surface area contributed by atoms with Crippen molar-refractivity contribution in [2.45, 2.75) is 50.4 Å². The Hall–Kier alpha value is -3.34. The first-order valence-corrected chi connectivity index (χ1v) is 16.7. The monoisotopic (exact) mass is 722 g/mol. The maximum absolute atomic E-state index is 14.9. The third kappa shape index (κ3) is 5.34. The Morgan fingerprint density at radius 2 is 1.89 bits per heavy atom. The molecule has 3 aliphatic heterocycles. The molecule has 2 aromatic heterocycles. The zero-order valence-electron chi connectivity index (χ0n) is 24.7. The number of anilines is 1. The van der Waals surface area contributed by atoms with Gasteiger partial charge in [-0.2, -0.15) is 9.97 Å². The smallest absolute Gasteiger partial charge is 0.319 e. The topological polar surface area (TPSA) is 86.6 Å². The van der Waals surface area contributed by atoms with Gasteiger partial charge in [0.15, 0.2) is 5.82 Å². The molecule has 1 aliphatic carbocycles. The summed E-state index contributed by atoms with van der Waals surface area (Å²) in [6.07, 6.45) is 11.7. The Balaban J connectivity index is 1.22. The number of benzene rings is 2. The lowest BCUT2D eigenvalue weighted by atomic mass is 9.94. The fourth-order valence-electron chi connectivity index (χ4n) is 7.38. The molecule has 1 saturated carbocycles. The fraction of sp³-hybridized carbons (Fsp3) is 0.441. The number of aromatic hydroxyl groups is 1. The lowest BCUT2D eigenvalue weighted by molar-refractivity contribution is 0.165. The van der Waals surface area contributed by atoms with Crippen molar-refractivity contribution in [1.82, 2.24) is 25.2 Å². The van der Waals surface area contributed by atoms with Gasteiger partial charge in [0.05, 0.1) is 15.7 Å². The first kappa shape index (κ1) is 29.1. The number of nitrogens with one attached hydrogen (secondary N) is 1. The molecule has 2 bridgehead atoms. The van der Waals surface area contributed by atoms with Crippen molar-refractivity contribution < 1.29 is 18.6 Å². The van der Waals surface area contributed by atoms with Gasteiger partial charge in [-0.15, -0.1) is 6.42 Å².